The number of hydrogen-bond donors (Lipinski definition) is 0. The molecule has 0 aromatic heterocycles. The van der Waals surface area contributed by atoms with Gasteiger partial charge in [0.25, 0.3) is 0 Å². The summed E-state index contributed by atoms with van der Waals surface area (Å²) in [7, 11) is 0. The van der Waals surface area contributed by atoms with Gasteiger partial charge in [0.1, 0.15) is 0 Å². The Morgan fingerprint density at radius 2 is 2.57 bits per heavy atom. The van der Waals surface area contributed by atoms with Gasteiger partial charge in [-0.2, -0.15) is 0 Å². The van der Waals surface area contributed by atoms with Crippen molar-refractivity contribution in [3.05, 3.63) is 12.7 Å². The monoisotopic (exact) mass is 199 g/mol. The van der Waals surface area contributed by atoms with Crippen molar-refractivity contribution in [3.8, 4) is 0 Å². The van der Waals surface area contributed by atoms with Crippen LogP contribution < -0.4 is 0 Å². The van der Waals surface area contributed by atoms with Crippen molar-refractivity contribution in [1.82, 2.24) is 4.90 Å². The molecule has 0 aromatic carbocycles. The summed E-state index contributed by atoms with van der Waals surface area (Å²) in [5.74, 6) is -0.498. The fraction of sp³-hybridized carbons (Fsp3) is 0.800. The topological polar surface area (TPSA) is 30.9 Å². The van der Waals surface area contributed by atoms with Crippen molar-refractivity contribution >= 4 is 0 Å². The van der Waals surface area contributed by atoms with E-state index in [2.05, 4.69) is 11.5 Å². The molecule has 2 atom stereocenters. The minimum atomic E-state index is -0.498. The van der Waals surface area contributed by atoms with Crippen LogP contribution in [0, 0.1) is 0 Å². The predicted octanol–water partition coefficient (Wildman–Crippen LogP) is 0.594. The molecule has 2 fully saturated rings. The summed E-state index contributed by atoms with van der Waals surface area (Å²) in [4.78, 5) is 2.20. The van der Waals surface area contributed by atoms with Crippen LogP contribution in [-0.2, 0) is 14.2 Å². The van der Waals surface area contributed by atoms with Crippen LogP contribution in [0.4, 0.5) is 0 Å². The Labute approximate surface area is 84.4 Å². The Kier molecular flexibility index (Phi) is 2.88. The Balaban J connectivity index is 1.80. The molecule has 0 amide bonds. The summed E-state index contributed by atoms with van der Waals surface area (Å²) >= 11 is 0. The van der Waals surface area contributed by atoms with Gasteiger partial charge in [-0.3, -0.25) is 0 Å². The fourth-order valence-corrected chi connectivity index (χ4v) is 1.97. The predicted molar refractivity (Wildman–Crippen MR) is 51.8 cm³/mol. The van der Waals surface area contributed by atoms with Crippen molar-refractivity contribution < 1.29 is 14.2 Å². The molecule has 2 aliphatic rings. The minimum absolute atomic E-state index is 0.125. The highest BCUT2D eigenvalue weighted by molar-refractivity contribution is 4.85. The molecular formula is C10H17NO3. The molecule has 0 aliphatic carbocycles. The lowest BCUT2D eigenvalue weighted by Crippen LogP contribution is -2.37. The van der Waals surface area contributed by atoms with Crippen molar-refractivity contribution in [2.24, 2.45) is 0 Å². The molecule has 0 N–H and O–H groups in total. The highest BCUT2D eigenvalue weighted by Crippen LogP contribution is 2.32. The molecule has 2 unspecified atom stereocenters. The molecule has 0 aromatic rings. The maximum absolute atomic E-state index is 5.76. The maximum Gasteiger partial charge on any atom is 0.227 e. The second-order valence-electron chi connectivity index (χ2n) is 3.76. The van der Waals surface area contributed by atoms with Gasteiger partial charge in [-0.15, -0.1) is 6.58 Å². The Hall–Kier alpha value is -0.420. The third-order valence-corrected chi connectivity index (χ3v) is 2.65. The van der Waals surface area contributed by atoms with Gasteiger partial charge >= 0.3 is 0 Å². The number of fused-ring (bicyclic) bond motifs is 1. The van der Waals surface area contributed by atoms with E-state index in [1.165, 1.54) is 0 Å². The van der Waals surface area contributed by atoms with Gasteiger partial charge in [-0.05, 0) is 0 Å². The van der Waals surface area contributed by atoms with E-state index >= 15 is 0 Å². The van der Waals surface area contributed by atoms with Crippen molar-refractivity contribution in [3.63, 3.8) is 0 Å². The Morgan fingerprint density at radius 1 is 1.71 bits per heavy atom. The zero-order valence-electron chi connectivity index (χ0n) is 8.57. The lowest BCUT2D eigenvalue weighted by atomic mass is 10.3. The normalized spacial score (nSPS) is 37.4. The summed E-state index contributed by atoms with van der Waals surface area (Å²) in [5.41, 5.74) is 0. The SMILES string of the molecule is C=CCOCC1CN2CCOC2(C)O1. The molecule has 4 heteroatoms. The lowest BCUT2D eigenvalue weighted by molar-refractivity contribution is -0.235. The summed E-state index contributed by atoms with van der Waals surface area (Å²) in [5, 5.41) is 0. The van der Waals surface area contributed by atoms with Crippen LogP contribution in [0.1, 0.15) is 6.92 Å². The van der Waals surface area contributed by atoms with Gasteiger partial charge in [0, 0.05) is 20.0 Å². The first-order chi connectivity index (χ1) is 6.74. The van der Waals surface area contributed by atoms with Crippen molar-refractivity contribution in [1.29, 1.82) is 0 Å². The van der Waals surface area contributed by atoms with Crippen LogP contribution in [0.5, 0.6) is 0 Å². The third-order valence-electron chi connectivity index (χ3n) is 2.65. The molecule has 2 heterocycles. The Morgan fingerprint density at radius 3 is 3.29 bits per heavy atom. The van der Waals surface area contributed by atoms with E-state index in [0.717, 1.165) is 19.7 Å². The first kappa shape index (κ1) is 10.1. The molecule has 0 spiro atoms. The molecular weight excluding hydrogens is 182 g/mol. The van der Waals surface area contributed by atoms with Crippen LogP contribution in [0.3, 0.4) is 0 Å². The van der Waals surface area contributed by atoms with Gasteiger partial charge in [-0.25, -0.2) is 4.90 Å². The van der Waals surface area contributed by atoms with E-state index in [1.807, 2.05) is 6.92 Å². The molecule has 2 rings (SSSR count). The van der Waals surface area contributed by atoms with Crippen LogP contribution in [0.2, 0.25) is 0 Å². The van der Waals surface area contributed by atoms with Crippen LogP contribution in [0.25, 0.3) is 0 Å². The molecule has 2 saturated heterocycles. The van der Waals surface area contributed by atoms with E-state index in [0.29, 0.717) is 13.2 Å². The quantitative estimate of drug-likeness (QED) is 0.490. The zero-order chi connectivity index (χ0) is 10.0. The molecule has 14 heavy (non-hydrogen) atoms. The first-order valence-corrected chi connectivity index (χ1v) is 5.00. The van der Waals surface area contributed by atoms with E-state index < -0.39 is 5.91 Å². The first-order valence-electron chi connectivity index (χ1n) is 5.00. The molecule has 0 radical (unpaired) electrons. The molecule has 2 aliphatic heterocycles. The smallest absolute Gasteiger partial charge is 0.227 e. The largest absolute Gasteiger partial charge is 0.375 e. The number of ether oxygens (including phenoxy) is 3. The number of nitrogens with zero attached hydrogens (tertiary/aromatic N) is 1. The third kappa shape index (κ3) is 1.83. The molecule has 80 valence electrons. The summed E-state index contributed by atoms with van der Waals surface area (Å²) in [6, 6.07) is 0. The second kappa shape index (κ2) is 3.98. The zero-order valence-corrected chi connectivity index (χ0v) is 8.57. The highest BCUT2D eigenvalue weighted by Gasteiger charge is 2.47. The second-order valence-corrected chi connectivity index (χ2v) is 3.76. The summed E-state index contributed by atoms with van der Waals surface area (Å²) in [6.07, 6.45) is 1.87. The maximum atomic E-state index is 5.76. The van der Waals surface area contributed by atoms with E-state index in [1.54, 1.807) is 6.08 Å². The fourth-order valence-electron chi connectivity index (χ4n) is 1.97. The van der Waals surface area contributed by atoms with E-state index in [-0.39, 0.29) is 6.10 Å². The van der Waals surface area contributed by atoms with Crippen LogP contribution in [-0.4, -0.2) is 49.8 Å². The van der Waals surface area contributed by atoms with Crippen molar-refractivity contribution in [2.75, 3.05) is 32.9 Å². The molecule has 0 bridgehead atoms. The van der Waals surface area contributed by atoms with Crippen LogP contribution in [0.15, 0.2) is 12.7 Å². The standard InChI is InChI=1S/C10H17NO3/c1-3-5-12-8-9-7-11-4-6-13-10(11,2)14-9/h3,9H,1,4-8H2,2H3. The number of hydrogen-bond acceptors (Lipinski definition) is 4. The van der Waals surface area contributed by atoms with Gasteiger partial charge in [0.05, 0.1) is 25.9 Å². The van der Waals surface area contributed by atoms with E-state index in [4.69, 9.17) is 14.2 Å². The average molecular weight is 199 g/mol. The molecule has 0 saturated carbocycles. The van der Waals surface area contributed by atoms with Gasteiger partial charge in [0.2, 0.25) is 5.91 Å². The Bertz CT molecular complexity index is 221. The van der Waals surface area contributed by atoms with Crippen molar-refractivity contribution in [2.45, 2.75) is 18.9 Å². The van der Waals surface area contributed by atoms with Gasteiger partial charge in [-0.1, -0.05) is 6.08 Å². The minimum Gasteiger partial charge on any atom is -0.375 e. The van der Waals surface area contributed by atoms with E-state index in [9.17, 15) is 0 Å². The average Bonchev–Trinajstić information content (AvgIpc) is 2.59. The van der Waals surface area contributed by atoms with Gasteiger partial charge < -0.3 is 14.2 Å². The summed E-state index contributed by atoms with van der Waals surface area (Å²) < 4.78 is 16.6. The highest BCUT2D eigenvalue weighted by atomic mass is 16.7. The summed E-state index contributed by atoms with van der Waals surface area (Å²) in [6.45, 7) is 9.36. The van der Waals surface area contributed by atoms with Crippen LogP contribution >= 0.6 is 0 Å². The van der Waals surface area contributed by atoms with Gasteiger partial charge in [0.15, 0.2) is 0 Å². The molecule has 4 nitrogen and oxygen atoms in total. The lowest BCUT2D eigenvalue weighted by Gasteiger charge is -2.23. The number of rotatable bonds is 4.